The lowest BCUT2D eigenvalue weighted by atomic mass is 10.4. The number of sulfonamides is 1. The summed E-state index contributed by atoms with van der Waals surface area (Å²) in [5.41, 5.74) is 0. The molecule has 2 aromatic rings. The Morgan fingerprint density at radius 2 is 1.62 bits per heavy atom. The summed E-state index contributed by atoms with van der Waals surface area (Å²) in [4.78, 5) is 0.280. The van der Waals surface area contributed by atoms with Crippen LogP contribution in [0.25, 0.3) is 0 Å². The van der Waals surface area contributed by atoms with E-state index < -0.39 is 10.0 Å². The van der Waals surface area contributed by atoms with E-state index >= 15 is 0 Å². The molecule has 1 N–H and O–H groups in total. The Labute approximate surface area is 94.6 Å². The van der Waals surface area contributed by atoms with Crippen LogP contribution in [0.15, 0.2) is 59.8 Å². The Kier molecular flexibility index (Phi) is 3.07. The van der Waals surface area contributed by atoms with Gasteiger partial charge in [0.15, 0.2) is 0 Å². The molecule has 0 unspecified atom stereocenters. The van der Waals surface area contributed by atoms with E-state index in [-0.39, 0.29) is 11.6 Å². The van der Waals surface area contributed by atoms with Crippen LogP contribution in [-0.4, -0.2) is 13.0 Å². The molecule has 16 heavy (non-hydrogen) atoms. The molecule has 2 rings (SSSR count). The van der Waals surface area contributed by atoms with Gasteiger partial charge in [0.1, 0.15) is 0 Å². The largest absolute Gasteiger partial charge is 0.340 e. The summed E-state index contributed by atoms with van der Waals surface area (Å²) in [6.45, 7) is 0.240. The summed E-state index contributed by atoms with van der Waals surface area (Å²) in [5, 5.41) is 0. The highest BCUT2D eigenvalue weighted by atomic mass is 32.2. The van der Waals surface area contributed by atoms with Crippen LogP contribution in [0.5, 0.6) is 0 Å². The standard InChI is InChI=1S/C11H12N2O2S/c14-16(15,11-6-2-1-3-7-11)12-10-13-8-4-5-9-13/h1-9,12H,10H2. The van der Waals surface area contributed by atoms with E-state index in [1.165, 1.54) is 0 Å². The third-order valence-electron chi connectivity index (χ3n) is 2.16. The molecule has 1 heterocycles. The zero-order valence-electron chi connectivity index (χ0n) is 8.58. The van der Waals surface area contributed by atoms with Crippen molar-refractivity contribution in [3.05, 3.63) is 54.9 Å². The second-order valence-electron chi connectivity index (χ2n) is 3.32. The van der Waals surface area contributed by atoms with Crippen LogP contribution in [0.3, 0.4) is 0 Å². The molecule has 0 spiro atoms. The van der Waals surface area contributed by atoms with Gasteiger partial charge in [-0.25, -0.2) is 8.42 Å². The maximum absolute atomic E-state index is 11.8. The fourth-order valence-electron chi connectivity index (χ4n) is 1.32. The summed E-state index contributed by atoms with van der Waals surface area (Å²) >= 11 is 0. The average Bonchev–Trinajstić information content (AvgIpc) is 2.81. The molecule has 0 atom stereocenters. The quantitative estimate of drug-likeness (QED) is 0.873. The van der Waals surface area contributed by atoms with E-state index in [2.05, 4.69) is 4.72 Å². The van der Waals surface area contributed by atoms with E-state index in [1.54, 1.807) is 47.3 Å². The van der Waals surface area contributed by atoms with Crippen molar-refractivity contribution in [1.82, 2.24) is 9.29 Å². The van der Waals surface area contributed by atoms with Crippen molar-refractivity contribution in [2.45, 2.75) is 11.6 Å². The van der Waals surface area contributed by atoms with Crippen LogP contribution in [0.2, 0.25) is 0 Å². The summed E-state index contributed by atoms with van der Waals surface area (Å²) in [6, 6.07) is 12.0. The zero-order chi connectivity index (χ0) is 11.4. The van der Waals surface area contributed by atoms with Gasteiger partial charge in [0.2, 0.25) is 10.0 Å². The lowest BCUT2D eigenvalue weighted by Gasteiger charge is -2.07. The van der Waals surface area contributed by atoms with Crippen LogP contribution in [0, 0.1) is 0 Å². The smallest absolute Gasteiger partial charge is 0.242 e. The molecule has 0 fully saturated rings. The number of hydrogen-bond donors (Lipinski definition) is 1. The van der Waals surface area contributed by atoms with Crippen LogP contribution in [0.1, 0.15) is 0 Å². The number of hydrogen-bond acceptors (Lipinski definition) is 2. The highest BCUT2D eigenvalue weighted by Gasteiger charge is 2.11. The van der Waals surface area contributed by atoms with Crippen molar-refractivity contribution >= 4 is 10.0 Å². The van der Waals surface area contributed by atoms with Crippen LogP contribution in [0.4, 0.5) is 0 Å². The molecule has 0 saturated carbocycles. The molecule has 0 radical (unpaired) electrons. The minimum atomic E-state index is -3.41. The fourth-order valence-corrected chi connectivity index (χ4v) is 2.32. The molecule has 0 aliphatic rings. The van der Waals surface area contributed by atoms with E-state index in [0.717, 1.165) is 0 Å². The predicted molar refractivity (Wildman–Crippen MR) is 61.2 cm³/mol. The first-order valence-electron chi connectivity index (χ1n) is 4.84. The molecule has 0 saturated heterocycles. The van der Waals surface area contributed by atoms with Crippen LogP contribution < -0.4 is 4.72 Å². The van der Waals surface area contributed by atoms with E-state index in [1.807, 2.05) is 12.1 Å². The third-order valence-corrected chi connectivity index (χ3v) is 3.56. The van der Waals surface area contributed by atoms with Gasteiger partial charge in [-0.3, -0.25) is 0 Å². The SMILES string of the molecule is O=S(=O)(NCn1cccc1)c1ccccc1. The van der Waals surface area contributed by atoms with Crippen molar-refractivity contribution in [2.24, 2.45) is 0 Å². The van der Waals surface area contributed by atoms with Gasteiger partial charge in [0, 0.05) is 12.4 Å². The Morgan fingerprint density at radius 1 is 1.00 bits per heavy atom. The van der Waals surface area contributed by atoms with Gasteiger partial charge in [0.25, 0.3) is 0 Å². The first kappa shape index (κ1) is 10.9. The van der Waals surface area contributed by atoms with Gasteiger partial charge in [-0.2, -0.15) is 4.72 Å². The highest BCUT2D eigenvalue weighted by Crippen LogP contribution is 2.06. The lowest BCUT2D eigenvalue weighted by Crippen LogP contribution is -2.25. The van der Waals surface area contributed by atoms with Gasteiger partial charge in [-0.05, 0) is 24.3 Å². The molecular formula is C11H12N2O2S. The maximum atomic E-state index is 11.8. The molecule has 5 heteroatoms. The Morgan fingerprint density at radius 3 is 2.25 bits per heavy atom. The van der Waals surface area contributed by atoms with Crippen molar-refractivity contribution in [3.63, 3.8) is 0 Å². The summed E-state index contributed by atoms with van der Waals surface area (Å²) in [6.07, 6.45) is 3.60. The Bertz CT molecular complexity index is 533. The molecule has 0 amide bonds. The van der Waals surface area contributed by atoms with Gasteiger partial charge < -0.3 is 4.57 Å². The van der Waals surface area contributed by atoms with E-state index in [4.69, 9.17) is 0 Å². The Balaban J connectivity index is 2.10. The van der Waals surface area contributed by atoms with Crippen molar-refractivity contribution < 1.29 is 8.42 Å². The predicted octanol–water partition coefficient (Wildman–Crippen LogP) is 1.42. The average molecular weight is 236 g/mol. The van der Waals surface area contributed by atoms with Gasteiger partial charge in [-0.15, -0.1) is 0 Å². The van der Waals surface area contributed by atoms with Gasteiger partial charge in [-0.1, -0.05) is 18.2 Å². The van der Waals surface area contributed by atoms with E-state index in [0.29, 0.717) is 0 Å². The molecular weight excluding hydrogens is 224 g/mol. The fraction of sp³-hybridized carbons (Fsp3) is 0.0909. The summed E-state index contributed by atoms with van der Waals surface area (Å²) < 4.78 is 27.9. The van der Waals surface area contributed by atoms with Gasteiger partial charge in [0.05, 0.1) is 11.6 Å². The van der Waals surface area contributed by atoms with Crippen LogP contribution in [-0.2, 0) is 16.7 Å². The molecule has 0 aliphatic heterocycles. The maximum Gasteiger partial charge on any atom is 0.242 e. The number of aromatic nitrogens is 1. The number of rotatable bonds is 4. The second-order valence-corrected chi connectivity index (χ2v) is 5.08. The zero-order valence-corrected chi connectivity index (χ0v) is 9.39. The summed E-state index contributed by atoms with van der Waals surface area (Å²) in [7, 11) is -3.41. The first-order chi connectivity index (χ1) is 7.68. The number of nitrogens with zero attached hydrogens (tertiary/aromatic N) is 1. The molecule has 1 aromatic carbocycles. The van der Waals surface area contributed by atoms with E-state index in [9.17, 15) is 8.42 Å². The Hall–Kier alpha value is -1.59. The summed E-state index contributed by atoms with van der Waals surface area (Å²) in [5.74, 6) is 0. The monoisotopic (exact) mass is 236 g/mol. The highest BCUT2D eigenvalue weighted by molar-refractivity contribution is 7.89. The van der Waals surface area contributed by atoms with Gasteiger partial charge >= 0.3 is 0 Å². The molecule has 84 valence electrons. The first-order valence-corrected chi connectivity index (χ1v) is 6.32. The molecule has 4 nitrogen and oxygen atoms in total. The van der Waals surface area contributed by atoms with Crippen molar-refractivity contribution in [2.75, 3.05) is 0 Å². The molecule has 1 aromatic heterocycles. The lowest BCUT2D eigenvalue weighted by molar-refractivity contribution is 0.563. The van der Waals surface area contributed by atoms with Crippen LogP contribution >= 0.6 is 0 Å². The molecule has 0 bridgehead atoms. The number of benzene rings is 1. The van der Waals surface area contributed by atoms with Crippen molar-refractivity contribution in [3.8, 4) is 0 Å². The number of nitrogens with one attached hydrogen (secondary N) is 1. The topological polar surface area (TPSA) is 51.1 Å². The van der Waals surface area contributed by atoms with Crippen molar-refractivity contribution in [1.29, 1.82) is 0 Å². The normalized spacial score (nSPS) is 11.5. The second kappa shape index (κ2) is 4.51. The molecule has 0 aliphatic carbocycles. The minimum Gasteiger partial charge on any atom is -0.340 e. The third kappa shape index (κ3) is 2.50. The minimum absolute atomic E-state index is 0.240.